The van der Waals surface area contributed by atoms with Gasteiger partial charge in [-0.1, -0.05) is 54.6 Å². The first-order valence-corrected chi connectivity index (χ1v) is 10.3. The van der Waals surface area contributed by atoms with E-state index >= 15 is 0 Å². The summed E-state index contributed by atoms with van der Waals surface area (Å²) in [5.74, 6) is -0.374. The number of nitrogens with zero attached hydrogens (tertiary/aromatic N) is 3. The Kier molecular flexibility index (Phi) is 5.40. The van der Waals surface area contributed by atoms with E-state index in [1.807, 2.05) is 18.2 Å². The molecular formula is C20H18ClF2N3OS. The van der Waals surface area contributed by atoms with Gasteiger partial charge in [0, 0.05) is 28.0 Å². The number of hydrogen-bond acceptors (Lipinski definition) is 4. The average molecular weight is 422 g/mol. The quantitative estimate of drug-likeness (QED) is 0.379. The lowest BCUT2D eigenvalue weighted by molar-refractivity contribution is 0.256. The standard InChI is InChI=1S/C20H18ClF2N3OS/c1-2-9-28-19-24-12-26(25-19)11-20(15-8-7-13(22)10-17(15)23)18(27-20)14-5-3-4-6-16(14)21/h3-8,10,12,18H,2,9,11H2,1H3/t18-,20-/m0/s1. The molecule has 146 valence electrons. The van der Waals surface area contributed by atoms with E-state index in [2.05, 4.69) is 17.0 Å². The Morgan fingerprint density at radius 1 is 1.25 bits per heavy atom. The Morgan fingerprint density at radius 3 is 2.82 bits per heavy atom. The van der Waals surface area contributed by atoms with E-state index in [0.29, 0.717) is 10.2 Å². The fourth-order valence-electron chi connectivity index (χ4n) is 3.28. The highest BCUT2D eigenvalue weighted by Gasteiger charge is 2.60. The van der Waals surface area contributed by atoms with Crippen LogP contribution < -0.4 is 0 Å². The molecule has 28 heavy (non-hydrogen) atoms. The van der Waals surface area contributed by atoms with Crippen LogP contribution in [0.2, 0.25) is 5.02 Å². The third-order valence-corrected chi connectivity index (χ3v) is 6.02. The molecule has 4 rings (SSSR count). The number of halogens is 3. The molecule has 4 nitrogen and oxygen atoms in total. The number of rotatable bonds is 7. The van der Waals surface area contributed by atoms with Gasteiger partial charge in [-0.15, -0.1) is 5.10 Å². The van der Waals surface area contributed by atoms with Crippen molar-refractivity contribution in [2.45, 2.75) is 36.8 Å². The minimum atomic E-state index is -1.02. The van der Waals surface area contributed by atoms with Gasteiger partial charge < -0.3 is 4.74 Å². The zero-order valence-corrected chi connectivity index (χ0v) is 16.7. The molecule has 0 radical (unpaired) electrons. The van der Waals surface area contributed by atoms with Crippen molar-refractivity contribution >= 4 is 23.4 Å². The first-order chi connectivity index (χ1) is 13.5. The normalized spacial score (nSPS) is 21.1. The molecule has 0 N–H and O–H groups in total. The van der Waals surface area contributed by atoms with Gasteiger partial charge >= 0.3 is 0 Å². The summed E-state index contributed by atoms with van der Waals surface area (Å²) in [5.41, 5.74) is 0.00839. The van der Waals surface area contributed by atoms with Crippen molar-refractivity contribution in [2.75, 3.05) is 5.75 Å². The van der Waals surface area contributed by atoms with E-state index in [1.165, 1.54) is 12.1 Å². The molecule has 2 aromatic carbocycles. The maximum atomic E-state index is 14.6. The molecule has 0 saturated carbocycles. The molecule has 0 unspecified atom stereocenters. The van der Waals surface area contributed by atoms with Crippen LogP contribution >= 0.6 is 23.4 Å². The highest BCUT2D eigenvalue weighted by Crippen LogP contribution is 2.59. The van der Waals surface area contributed by atoms with Gasteiger partial charge in [0.25, 0.3) is 0 Å². The highest BCUT2D eigenvalue weighted by molar-refractivity contribution is 7.99. The summed E-state index contributed by atoms with van der Waals surface area (Å²) in [6.07, 6.45) is 2.16. The fourth-order valence-corrected chi connectivity index (χ4v) is 4.18. The summed E-state index contributed by atoms with van der Waals surface area (Å²) in [6, 6.07) is 10.8. The van der Waals surface area contributed by atoms with Crippen molar-refractivity contribution < 1.29 is 13.5 Å². The second-order valence-electron chi connectivity index (χ2n) is 6.61. The van der Waals surface area contributed by atoms with Crippen LogP contribution in [-0.2, 0) is 16.9 Å². The van der Waals surface area contributed by atoms with Crippen LogP contribution in [0.5, 0.6) is 0 Å². The summed E-state index contributed by atoms with van der Waals surface area (Å²) in [6.45, 7) is 2.33. The Bertz CT molecular complexity index is 999. The van der Waals surface area contributed by atoms with Crippen molar-refractivity contribution in [3.63, 3.8) is 0 Å². The zero-order valence-electron chi connectivity index (χ0n) is 15.1. The van der Waals surface area contributed by atoms with E-state index < -0.39 is 23.3 Å². The van der Waals surface area contributed by atoms with E-state index in [4.69, 9.17) is 16.3 Å². The van der Waals surface area contributed by atoms with Crippen molar-refractivity contribution in [3.05, 3.63) is 76.6 Å². The van der Waals surface area contributed by atoms with E-state index in [-0.39, 0.29) is 12.1 Å². The molecule has 1 aliphatic heterocycles. The Hall–Kier alpha value is -1.96. The zero-order chi connectivity index (χ0) is 19.7. The minimum absolute atomic E-state index is 0.241. The van der Waals surface area contributed by atoms with Crippen LogP contribution in [0.1, 0.15) is 30.6 Å². The van der Waals surface area contributed by atoms with Crippen LogP contribution in [0.25, 0.3) is 0 Å². The number of epoxide rings is 1. The third kappa shape index (κ3) is 3.66. The summed E-state index contributed by atoms with van der Waals surface area (Å²) in [5, 5.41) is 5.65. The lowest BCUT2D eigenvalue weighted by atomic mass is 9.91. The molecule has 0 amide bonds. The topological polar surface area (TPSA) is 43.2 Å². The third-order valence-electron chi connectivity index (χ3n) is 4.62. The van der Waals surface area contributed by atoms with Crippen LogP contribution in [0.3, 0.4) is 0 Å². The minimum Gasteiger partial charge on any atom is -0.354 e. The highest BCUT2D eigenvalue weighted by atomic mass is 35.5. The molecule has 8 heteroatoms. The maximum Gasteiger partial charge on any atom is 0.208 e. The summed E-state index contributed by atoms with van der Waals surface area (Å²) >= 11 is 7.89. The van der Waals surface area contributed by atoms with Crippen LogP contribution in [0, 0.1) is 11.6 Å². The monoisotopic (exact) mass is 421 g/mol. The second kappa shape index (κ2) is 7.81. The van der Waals surface area contributed by atoms with Crippen LogP contribution in [-0.4, -0.2) is 20.5 Å². The first kappa shape index (κ1) is 19.4. The molecule has 1 fully saturated rings. The molecule has 0 aliphatic carbocycles. The molecule has 1 aliphatic rings. The molecule has 0 bridgehead atoms. The van der Waals surface area contributed by atoms with Gasteiger partial charge in [-0.2, -0.15) is 0 Å². The number of hydrogen-bond donors (Lipinski definition) is 0. The second-order valence-corrected chi connectivity index (χ2v) is 8.08. The van der Waals surface area contributed by atoms with Gasteiger partial charge in [0.05, 0.1) is 6.54 Å². The molecule has 1 aromatic heterocycles. The SMILES string of the molecule is CCCSc1ncn(C[C@@]2(c3ccc(F)cc3F)O[C@H]2c2ccccc2Cl)n1. The van der Waals surface area contributed by atoms with Crippen molar-refractivity contribution in [2.24, 2.45) is 0 Å². The van der Waals surface area contributed by atoms with Crippen LogP contribution in [0.15, 0.2) is 53.9 Å². The Balaban J connectivity index is 1.69. The molecule has 2 atom stereocenters. The number of aromatic nitrogens is 3. The number of ether oxygens (including phenoxy) is 1. The summed E-state index contributed by atoms with van der Waals surface area (Å²) < 4.78 is 35.8. The molecule has 1 saturated heterocycles. The van der Waals surface area contributed by atoms with Gasteiger partial charge in [0.2, 0.25) is 5.16 Å². The Morgan fingerprint density at radius 2 is 2.07 bits per heavy atom. The van der Waals surface area contributed by atoms with Crippen molar-refractivity contribution in [1.29, 1.82) is 0 Å². The fraction of sp³-hybridized carbons (Fsp3) is 0.300. The summed E-state index contributed by atoms with van der Waals surface area (Å²) in [4.78, 5) is 4.29. The largest absolute Gasteiger partial charge is 0.354 e. The van der Waals surface area contributed by atoms with E-state index in [9.17, 15) is 8.78 Å². The maximum absolute atomic E-state index is 14.6. The van der Waals surface area contributed by atoms with Gasteiger partial charge in [-0.3, -0.25) is 0 Å². The van der Waals surface area contributed by atoms with Gasteiger partial charge in [0.15, 0.2) is 0 Å². The lowest BCUT2D eigenvalue weighted by Crippen LogP contribution is -2.21. The van der Waals surface area contributed by atoms with Crippen molar-refractivity contribution in [1.82, 2.24) is 14.8 Å². The number of thioether (sulfide) groups is 1. The van der Waals surface area contributed by atoms with Crippen LogP contribution in [0.4, 0.5) is 8.78 Å². The van der Waals surface area contributed by atoms with Gasteiger partial charge in [-0.05, 0) is 18.6 Å². The molecule has 0 spiro atoms. The molecule has 3 aromatic rings. The van der Waals surface area contributed by atoms with Crippen molar-refractivity contribution in [3.8, 4) is 0 Å². The van der Waals surface area contributed by atoms with Gasteiger partial charge in [-0.25, -0.2) is 18.4 Å². The smallest absolute Gasteiger partial charge is 0.208 e. The predicted molar refractivity (Wildman–Crippen MR) is 104 cm³/mol. The molecular weight excluding hydrogens is 404 g/mol. The average Bonchev–Trinajstić information content (AvgIpc) is 3.19. The van der Waals surface area contributed by atoms with Gasteiger partial charge in [0.1, 0.15) is 29.7 Å². The van der Waals surface area contributed by atoms with E-state index in [1.54, 1.807) is 28.8 Å². The van der Waals surface area contributed by atoms with E-state index in [0.717, 1.165) is 23.8 Å². The lowest BCUT2D eigenvalue weighted by Gasteiger charge is -2.15. The first-order valence-electron chi connectivity index (χ1n) is 8.93. The number of benzene rings is 2. The summed E-state index contributed by atoms with van der Waals surface area (Å²) in [7, 11) is 0. The predicted octanol–water partition coefficient (Wildman–Crippen LogP) is 5.38. The Labute approximate surface area is 170 Å². The molecule has 2 heterocycles.